The fraction of sp³-hybridized carbons (Fsp3) is 0.375. The van der Waals surface area contributed by atoms with Crippen molar-refractivity contribution >= 4 is 44.0 Å². The topological polar surface area (TPSA) is 70.8 Å². The number of halogens is 1. The summed E-state index contributed by atoms with van der Waals surface area (Å²) in [6.45, 7) is 4.03. The molecule has 1 saturated heterocycles. The molecule has 4 rings (SSSR count). The second-order valence-electron chi connectivity index (χ2n) is 8.70. The monoisotopic (exact) mass is 474 g/mol. The number of nitrogens with zero attached hydrogens (tertiary/aromatic N) is 2. The molecule has 2 aromatic carbocycles. The first kappa shape index (κ1) is 22.7. The van der Waals surface area contributed by atoms with Crippen molar-refractivity contribution in [2.24, 2.45) is 0 Å². The van der Waals surface area contributed by atoms with Crippen LogP contribution in [0.25, 0.3) is 11.0 Å². The van der Waals surface area contributed by atoms with Crippen LogP contribution in [0.4, 0.5) is 5.69 Å². The molecular weight excluding hydrogens is 448 g/mol. The Morgan fingerprint density at radius 1 is 1.16 bits per heavy atom. The summed E-state index contributed by atoms with van der Waals surface area (Å²) < 4.78 is 30.3. The molecule has 1 amide bonds. The van der Waals surface area contributed by atoms with E-state index in [-0.39, 0.29) is 29.2 Å². The van der Waals surface area contributed by atoms with Crippen LogP contribution in [0.3, 0.4) is 0 Å². The van der Waals surface area contributed by atoms with Crippen LogP contribution in [0, 0.1) is 13.8 Å². The first-order valence-electron chi connectivity index (χ1n) is 10.5. The minimum absolute atomic E-state index is 0.0290. The van der Waals surface area contributed by atoms with E-state index in [0.717, 1.165) is 22.2 Å². The molecule has 0 bridgehead atoms. The second-order valence-corrected chi connectivity index (χ2v) is 11.3. The summed E-state index contributed by atoms with van der Waals surface area (Å²) in [6, 6.07) is 11.2. The summed E-state index contributed by atoms with van der Waals surface area (Å²) in [4.78, 5) is 17.3. The van der Waals surface area contributed by atoms with Crippen LogP contribution >= 0.6 is 11.6 Å². The third-order valence-electron chi connectivity index (χ3n) is 6.13. The standard InChI is InChI=1S/C24H27ClN2O4S/c1-15-11-22-20(12-21(15)25)16(2)23(31-22)24(28)27(19-9-10-32(29,30)14-19)13-17-5-7-18(8-6-17)26(3)4/h5-8,11-12,19H,9-10,13-14H2,1-4H3/t19-/m0/s1. The lowest BCUT2D eigenvalue weighted by Gasteiger charge is -2.28. The van der Waals surface area contributed by atoms with Crippen molar-refractivity contribution in [3.63, 3.8) is 0 Å². The third-order valence-corrected chi connectivity index (χ3v) is 8.28. The van der Waals surface area contributed by atoms with Crippen LogP contribution < -0.4 is 4.90 Å². The fourth-order valence-electron chi connectivity index (χ4n) is 4.16. The number of rotatable bonds is 5. The van der Waals surface area contributed by atoms with Gasteiger partial charge in [-0.3, -0.25) is 4.79 Å². The average Bonchev–Trinajstić information content (AvgIpc) is 3.25. The Hall–Kier alpha value is -2.51. The zero-order chi connectivity index (χ0) is 23.2. The highest BCUT2D eigenvalue weighted by Crippen LogP contribution is 2.32. The number of carbonyl (C=O) groups excluding carboxylic acids is 1. The van der Waals surface area contributed by atoms with E-state index in [1.165, 1.54) is 0 Å². The predicted molar refractivity (Wildman–Crippen MR) is 128 cm³/mol. The number of aryl methyl sites for hydroxylation is 2. The van der Waals surface area contributed by atoms with E-state index in [1.54, 1.807) is 4.90 Å². The van der Waals surface area contributed by atoms with Crippen LogP contribution in [0.1, 0.15) is 33.7 Å². The van der Waals surface area contributed by atoms with Gasteiger partial charge in [0.25, 0.3) is 5.91 Å². The lowest BCUT2D eigenvalue weighted by molar-refractivity contribution is 0.0649. The molecule has 6 nitrogen and oxygen atoms in total. The Labute approximate surface area is 193 Å². The Kier molecular flexibility index (Phi) is 5.98. The predicted octanol–water partition coefficient (Wildman–Crippen LogP) is 4.60. The minimum Gasteiger partial charge on any atom is -0.451 e. The van der Waals surface area contributed by atoms with E-state index >= 15 is 0 Å². The Bertz CT molecular complexity index is 1280. The van der Waals surface area contributed by atoms with Crippen molar-refractivity contribution in [3.8, 4) is 0 Å². The largest absolute Gasteiger partial charge is 0.451 e. The van der Waals surface area contributed by atoms with Gasteiger partial charge in [-0.05, 0) is 55.7 Å². The third kappa shape index (κ3) is 4.36. The molecule has 1 atom stereocenters. The highest BCUT2D eigenvalue weighted by Gasteiger charge is 2.36. The minimum atomic E-state index is -3.16. The number of anilines is 1. The van der Waals surface area contributed by atoms with E-state index in [1.807, 2.05) is 69.2 Å². The molecule has 0 N–H and O–H groups in total. The van der Waals surface area contributed by atoms with Gasteiger partial charge in [0.2, 0.25) is 0 Å². The number of furan rings is 1. The molecule has 0 spiro atoms. The number of fused-ring (bicyclic) bond motifs is 1. The van der Waals surface area contributed by atoms with E-state index in [2.05, 4.69) is 0 Å². The fourth-order valence-corrected chi connectivity index (χ4v) is 6.05. The molecule has 0 radical (unpaired) electrons. The number of hydrogen-bond donors (Lipinski definition) is 0. The molecule has 0 saturated carbocycles. The van der Waals surface area contributed by atoms with Crippen LogP contribution in [-0.4, -0.2) is 50.9 Å². The Balaban J connectivity index is 1.72. The summed E-state index contributed by atoms with van der Waals surface area (Å²) in [5.41, 5.74) is 4.16. The van der Waals surface area contributed by atoms with Crippen molar-refractivity contribution < 1.29 is 17.6 Å². The molecule has 170 valence electrons. The molecule has 3 aromatic rings. The molecule has 1 aliphatic rings. The van der Waals surface area contributed by atoms with Gasteiger partial charge in [0.05, 0.1) is 11.5 Å². The Morgan fingerprint density at radius 3 is 2.44 bits per heavy atom. The zero-order valence-electron chi connectivity index (χ0n) is 18.7. The molecule has 32 heavy (non-hydrogen) atoms. The quantitative estimate of drug-likeness (QED) is 0.540. The molecule has 1 fully saturated rings. The van der Waals surface area contributed by atoms with Gasteiger partial charge in [-0.1, -0.05) is 23.7 Å². The van der Waals surface area contributed by atoms with E-state index in [4.69, 9.17) is 16.0 Å². The first-order valence-corrected chi connectivity index (χ1v) is 12.7. The number of carbonyl (C=O) groups is 1. The van der Waals surface area contributed by atoms with Gasteiger partial charge in [-0.2, -0.15) is 0 Å². The smallest absolute Gasteiger partial charge is 0.290 e. The van der Waals surface area contributed by atoms with Crippen molar-refractivity contribution in [2.45, 2.75) is 32.9 Å². The average molecular weight is 475 g/mol. The van der Waals surface area contributed by atoms with Crippen LogP contribution in [0.2, 0.25) is 5.02 Å². The zero-order valence-corrected chi connectivity index (χ0v) is 20.3. The summed E-state index contributed by atoms with van der Waals surface area (Å²) in [6.07, 6.45) is 0.425. The summed E-state index contributed by atoms with van der Waals surface area (Å²) in [5, 5.41) is 1.40. The molecule has 0 aliphatic carbocycles. The van der Waals surface area contributed by atoms with Crippen LogP contribution in [0.5, 0.6) is 0 Å². The molecule has 2 heterocycles. The van der Waals surface area contributed by atoms with E-state index < -0.39 is 9.84 Å². The SMILES string of the molecule is Cc1cc2oc(C(=O)N(Cc3ccc(N(C)C)cc3)[C@H]3CCS(=O)(=O)C3)c(C)c2cc1Cl. The number of amides is 1. The highest BCUT2D eigenvalue weighted by molar-refractivity contribution is 7.91. The van der Waals surface area contributed by atoms with Gasteiger partial charge in [-0.25, -0.2) is 8.42 Å². The second kappa shape index (κ2) is 8.45. The molecule has 1 aliphatic heterocycles. The van der Waals surface area contributed by atoms with E-state index in [0.29, 0.717) is 29.1 Å². The van der Waals surface area contributed by atoms with Gasteiger partial charge in [0.1, 0.15) is 5.58 Å². The Morgan fingerprint density at radius 2 is 1.84 bits per heavy atom. The summed E-state index contributed by atoms with van der Waals surface area (Å²) in [7, 11) is 0.769. The maximum absolute atomic E-state index is 13.7. The number of sulfone groups is 1. The normalized spacial score (nSPS) is 17.6. The van der Waals surface area contributed by atoms with Crippen molar-refractivity contribution in [1.82, 2.24) is 4.90 Å². The highest BCUT2D eigenvalue weighted by atomic mass is 35.5. The van der Waals surface area contributed by atoms with Gasteiger partial charge < -0.3 is 14.2 Å². The summed E-state index contributed by atoms with van der Waals surface area (Å²) in [5.74, 6) is -0.00431. The number of hydrogen-bond acceptors (Lipinski definition) is 5. The lowest BCUT2D eigenvalue weighted by Crippen LogP contribution is -2.40. The van der Waals surface area contributed by atoms with Crippen molar-refractivity contribution in [1.29, 1.82) is 0 Å². The molecule has 1 aromatic heterocycles. The molecule has 8 heteroatoms. The van der Waals surface area contributed by atoms with Crippen molar-refractivity contribution in [2.75, 3.05) is 30.5 Å². The van der Waals surface area contributed by atoms with E-state index in [9.17, 15) is 13.2 Å². The van der Waals surface area contributed by atoms with Gasteiger partial charge >= 0.3 is 0 Å². The lowest BCUT2D eigenvalue weighted by atomic mass is 10.1. The number of benzene rings is 2. The summed E-state index contributed by atoms with van der Waals surface area (Å²) >= 11 is 6.28. The van der Waals surface area contributed by atoms with Gasteiger partial charge in [-0.15, -0.1) is 0 Å². The maximum atomic E-state index is 13.7. The molecular formula is C24H27ClN2O4S. The van der Waals surface area contributed by atoms with Crippen LogP contribution in [0.15, 0.2) is 40.8 Å². The molecule has 0 unspecified atom stereocenters. The van der Waals surface area contributed by atoms with Gasteiger partial charge in [0, 0.05) is 48.3 Å². The maximum Gasteiger partial charge on any atom is 0.290 e. The first-order chi connectivity index (χ1) is 15.1. The van der Waals surface area contributed by atoms with Crippen LogP contribution in [-0.2, 0) is 16.4 Å². The van der Waals surface area contributed by atoms with Crippen molar-refractivity contribution in [3.05, 3.63) is 63.9 Å². The van der Waals surface area contributed by atoms with Gasteiger partial charge in [0.15, 0.2) is 15.6 Å².